The lowest BCUT2D eigenvalue weighted by atomic mass is 9.73. The van der Waals surface area contributed by atoms with Gasteiger partial charge >= 0.3 is 5.97 Å². The number of carboxylic acid groups (broad SMARTS) is 1. The molecule has 7 aliphatic rings. The van der Waals surface area contributed by atoms with E-state index in [1.807, 2.05) is 6.21 Å². The lowest BCUT2D eigenvalue weighted by Gasteiger charge is -2.53. The van der Waals surface area contributed by atoms with Crippen LogP contribution in [0, 0.1) is 29.6 Å². The SMILES string of the molecule is NC(=O)C1Oc2cc(O[C@@H]3O[C@H](C(=O)O)[C@@H](O)[C@]4(C=O)OCSSC[C@H](C5=CCN=C5)[C@H]([C@H]5CC#CCC[C@@H]6C=C/C(=C/C5)c5ccccc56)CNC[C@]34O)ccc2C(O)=C1c1ccc(O)cc1. The molecule has 0 spiro atoms. The summed E-state index contributed by atoms with van der Waals surface area (Å²) in [6.45, 7) is 0.330. The number of aromatic hydroxyl groups is 1. The van der Waals surface area contributed by atoms with Crippen LogP contribution in [0.25, 0.3) is 16.9 Å². The molecule has 3 aliphatic carbocycles. The van der Waals surface area contributed by atoms with Crippen molar-refractivity contribution < 1.29 is 58.9 Å². The summed E-state index contributed by atoms with van der Waals surface area (Å²) >= 11 is 0. The fourth-order valence-electron chi connectivity index (χ4n) is 10.1. The Hall–Kier alpha value is -5.84. The van der Waals surface area contributed by atoms with E-state index >= 15 is 0 Å². The number of aliphatic hydroxyl groups excluding tert-OH is 2. The topological polar surface area (TPSA) is 240 Å². The van der Waals surface area contributed by atoms with Crippen molar-refractivity contribution in [2.75, 3.05) is 31.3 Å². The number of β-amino-alcohol motifs (C(OH)–C–C–N with tert-alkyl or cyclic N) is 1. The monoisotopic (exact) mass is 961 g/mol. The van der Waals surface area contributed by atoms with Crippen molar-refractivity contribution in [2.45, 2.75) is 67.4 Å². The van der Waals surface area contributed by atoms with Crippen molar-refractivity contribution in [3.8, 4) is 29.1 Å². The summed E-state index contributed by atoms with van der Waals surface area (Å²) in [7, 11) is 2.74. The second kappa shape index (κ2) is 20.0. The highest BCUT2D eigenvalue weighted by atomic mass is 33.1. The molecule has 1 unspecified atom stereocenters. The molecule has 68 heavy (non-hydrogen) atoms. The van der Waals surface area contributed by atoms with Crippen LogP contribution in [-0.2, 0) is 23.9 Å². The summed E-state index contributed by atoms with van der Waals surface area (Å²) in [5, 5.41) is 59.9. The van der Waals surface area contributed by atoms with Gasteiger partial charge in [0.2, 0.25) is 12.4 Å². The lowest BCUT2D eigenvalue weighted by molar-refractivity contribution is -0.340. The standard InChI is InChI=1S/C51H51N3O12S2/c52-47(59)44-42(32-14-16-34(56)17-15-32)43(57)38-19-18-35(22-41(38)65-44)64-49-50(62)26-54-24-39(30-7-3-1-2-6-29-10-12-31(13-11-30)37-9-5-4-8-36(29)37)40(33-20-21-53-23-33)25-67-68-28-63-51(50,27-55)46(58)45(66-49)48(60)61/h4-5,8-10,12-20,22-23,27,29-30,39-40,44-46,49,54,56-58,62H,2,6-7,11,21,24-26,28H2,(H2,52,59)(H,60,61)/b31-13-/t29-,30+,39+,40-,44?,45+,46-,49-,50+,51+/m1/s1. The molecule has 4 aliphatic heterocycles. The Kier molecular flexibility index (Phi) is 13.9. The van der Waals surface area contributed by atoms with Crippen LogP contribution < -0.4 is 20.5 Å². The number of allylic oxidation sites excluding steroid dienone is 5. The summed E-state index contributed by atoms with van der Waals surface area (Å²) in [6.07, 6.45) is 6.10. The molecular formula is C51H51N3O12S2. The number of aliphatic imine (C=N–C) groups is 1. The first-order chi connectivity index (χ1) is 32.9. The number of nitrogens with zero attached hydrogens (tertiary/aromatic N) is 1. The number of carbonyl (C=O) groups is 3. The number of nitrogens with one attached hydrogen (secondary N) is 1. The van der Waals surface area contributed by atoms with Gasteiger partial charge in [-0.2, -0.15) is 0 Å². The summed E-state index contributed by atoms with van der Waals surface area (Å²) < 4.78 is 24.4. The fourth-order valence-corrected chi connectivity index (χ4v) is 12.1. The lowest BCUT2D eigenvalue weighted by Crippen LogP contribution is -2.80. The normalized spacial score (nSPS) is 32.3. The maximum Gasteiger partial charge on any atom is 0.335 e. The molecule has 0 radical (unpaired) electrons. The molecule has 0 aromatic heterocycles. The molecule has 2 fully saturated rings. The highest BCUT2D eigenvalue weighted by Crippen LogP contribution is 2.47. The summed E-state index contributed by atoms with van der Waals surface area (Å²) in [5.41, 5.74) is 5.78. The van der Waals surface area contributed by atoms with Gasteiger partial charge in [0.05, 0.1) is 17.7 Å². The highest BCUT2D eigenvalue weighted by Gasteiger charge is 2.69. The Morgan fingerprint density at radius 3 is 2.62 bits per heavy atom. The number of benzene rings is 3. The van der Waals surface area contributed by atoms with Gasteiger partial charge < -0.3 is 55.5 Å². The number of carboxylic acids is 1. The van der Waals surface area contributed by atoms with E-state index in [9.17, 15) is 39.9 Å². The zero-order valence-electron chi connectivity index (χ0n) is 36.7. The molecule has 4 heterocycles. The number of fused-ring (bicyclic) bond motifs is 8. The Balaban J connectivity index is 1.07. The highest BCUT2D eigenvalue weighted by molar-refractivity contribution is 8.76. The van der Waals surface area contributed by atoms with Crippen LogP contribution in [0.3, 0.4) is 0 Å². The number of hydrogen-bond donors (Lipinski definition) is 7. The van der Waals surface area contributed by atoms with Crippen LogP contribution >= 0.6 is 21.6 Å². The van der Waals surface area contributed by atoms with E-state index in [0.717, 1.165) is 24.0 Å². The second-order valence-corrected chi connectivity index (χ2v) is 20.0. The number of rotatable bonds is 8. The predicted molar refractivity (Wildman–Crippen MR) is 258 cm³/mol. The van der Waals surface area contributed by atoms with Gasteiger partial charge in [-0.15, -0.1) is 11.8 Å². The van der Waals surface area contributed by atoms with Gasteiger partial charge in [0, 0.05) is 43.3 Å². The predicted octanol–water partition coefficient (Wildman–Crippen LogP) is 5.42. The van der Waals surface area contributed by atoms with E-state index in [4.69, 9.17) is 24.7 Å². The molecule has 15 nitrogen and oxygen atoms in total. The van der Waals surface area contributed by atoms with Gasteiger partial charge in [-0.05, 0) is 89.2 Å². The van der Waals surface area contributed by atoms with Gasteiger partial charge in [-0.25, -0.2) is 4.79 Å². The van der Waals surface area contributed by atoms with Crippen molar-refractivity contribution in [3.05, 3.63) is 119 Å². The quantitative estimate of drug-likeness (QED) is 0.0848. The molecular weight excluding hydrogens is 911 g/mol. The Morgan fingerprint density at radius 1 is 1.03 bits per heavy atom. The Bertz CT molecular complexity index is 2670. The number of aliphatic carboxylic acids is 1. The molecule has 3 aromatic carbocycles. The first-order valence-electron chi connectivity index (χ1n) is 22.4. The maximum atomic E-state index is 13.5. The minimum atomic E-state index is -2.61. The molecule has 8 N–H and O–H groups in total. The first-order valence-corrected chi connectivity index (χ1v) is 24.9. The first kappa shape index (κ1) is 47.2. The van der Waals surface area contributed by atoms with Crippen LogP contribution in [0.1, 0.15) is 53.9 Å². The Morgan fingerprint density at radius 2 is 1.85 bits per heavy atom. The molecule has 0 saturated carbocycles. The van der Waals surface area contributed by atoms with Crippen molar-refractivity contribution in [1.82, 2.24) is 5.32 Å². The van der Waals surface area contributed by atoms with Crippen molar-refractivity contribution in [3.63, 3.8) is 0 Å². The minimum Gasteiger partial charge on any atom is -0.508 e. The zero-order chi connectivity index (χ0) is 47.6. The summed E-state index contributed by atoms with van der Waals surface area (Å²) in [4.78, 5) is 43.6. The van der Waals surface area contributed by atoms with Gasteiger partial charge in [0.15, 0.2) is 23.6 Å². The van der Waals surface area contributed by atoms with Gasteiger partial charge in [-0.3, -0.25) is 14.6 Å². The van der Waals surface area contributed by atoms with E-state index < -0.39 is 54.2 Å². The average Bonchev–Trinajstić information content (AvgIpc) is 3.87. The largest absolute Gasteiger partial charge is 0.508 e. The van der Waals surface area contributed by atoms with Crippen LogP contribution in [0.15, 0.2) is 102 Å². The van der Waals surface area contributed by atoms with E-state index in [2.05, 4.69) is 70.7 Å². The van der Waals surface area contributed by atoms with Gasteiger partial charge in [0.1, 0.15) is 35.1 Å². The molecule has 1 amide bonds. The molecule has 2 bridgehead atoms. The Labute approximate surface area is 400 Å². The van der Waals surface area contributed by atoms with Crippen LogP contribution in [0.2, 0.25) is 0 Å². The number of amides is 1. The number of carbonyl (C=O) groups excluding carboxylic acids is 2. The number of phenolic OH excluding ortho intramolecular Hbond substituents is 1. The third-order valence-electron chi connectivity index (χ3n) is 13.7. The van der Waals surface area contributed by atoms with Crippen LogP contribution in [-0.4, -0.2) is 117 Å². The summed E-state index contributed by atoms with van der Waals surface area (Å²) in [6, 6.07) is 18.3. The molecule has 3 aromatic rings. The fraction of sp³-hybridized carbons (Fsp3) is 0.373. The molecule has 2 saturated heterocycles. The molecule has 10 rings (SSSR count). The third-order valence-corrected chi connectivity index (χ3v) is 15.8. The van der Waals surface area contributed by atoms with Gasteiger partial charge in [0.25, 0.3) is 5.91 Å². The van der Waals surface area contributed by atoms with Gasteiger partial charge in [-0.1, -0.05) is 82.3 Å². The minimum absolute atomic E-state index is 0.00764. The van der Waals surface area contributed by atoms with E-state index in [-0.39, 0.29) is 76.6 Å². The van der Waals surface area contributed by atoms with Crippen molar-refractivity contribution in [1.29, 1.82) is 0 Å². The summed E-state index contributed by atoms with van der Waals surface area (Å²) in [5.74, 6) is 4.30. The van der Waals surface area contributed by atoms with Crippen LogP contribution in [0.4, 0.5) is 0 Å². The van der Waals surface area contributed by atoms with E-state index in [1.165, 1.54) is 75.2 Å². The van der Waals surface area contributed by atoms with Crippen molar-refractivity contribution >= 4 is 62.9 Å². The van der Waals surface area contributed by atoms with Crippen LogP contribution in [0.5, 0.6) is 17.2 Å². The number of aliphatic hydroxyl groups is 3. The number of nitrogens with two attached hydrogens (primary N) is 1. The number of aldehydes is 1. The van der Waals surface area contributed by atoms with E-state index in [0.29, 0.717) is 30.7 Å². The molecule has 10 atom stereocenters. The van der Waals surface area contributed by atoms with Crippen molar-refractivity contribution in [2.24, 2.45) is 28.5 Å². The second-order valence-electron chi connectivity index (χ2n) is 17.6. The number of hydrogen-bond acceptors (Lipinski definition) is 15. The van der Waals surface area contributed by atoms with E-state index in [1.54, 1.807) is 0 Å². The number of phenols is 1. The average molecular weight is 962 g/mol. The maximum absolute atomic E-state index is 13.5. The number of primary amides is 1. The molecule has 17 heteroatoms. The smallest absolute Gasteiger partial charge is 0.335 e. The molecule has 354 valence electrons. The number of ether oxygens (including phenoxy) is 4. The third kappa shape index (κ3) is 8.98. The zero-order valence-corrected chi connectivity index (χ0v) is 38.4.